The minimum Gasteiger partial charge on any atom is -0.371 e. The second kappa shape index (κ2) is 4.09. The van der Waals surface area contributed by atoms with Crippen molar-refractivity contribution in [3.05, 3.63) is 20.8 Å². The molecule has 13 heavy (non-hydrogen) atoms. The van der Waals surface area contributed by atoms with E-state index in [4.69, 9.17) is 0 Å². The van der Waals surface area contributed by atoms with E-state index in [1.807, 2.05) is 38.1 Å². The average Bonchev–Trinajstić information content (AvgIpc) is 2.50. The zero-order valence-corrected chi connectivity index (χ0v) is 10.4. The monoisotopic (exact) mass is 263 g/mol. The lowest BCUT2D eigenvalue weighted by molar-refractivity contribution is -0.0891. The molecule has 1 N–H and O–H groups in total. The van der Waals surface area contributed by atoms with Gasteiger partial charge in [-0.25, -0.2) is 0 Å². The molecule has 0 bridgehead atoms. The molecule has 1 aromatic heterocycles. The highest BCUT2D eigenvalue weighted by Crippen LogP contribution is 2.34. The Kier molecular flexibility index (Phi) is 3.51. The van der Waals surface area contributed by atoms with Gasteiger partial charge in [0.15, 0.2) is 5.72 Å². The van der Waals surface area contributed by atoms with Gasteiger partial charge in [-0.2, -0.15) is 0 Å². The van der Waals surface area contributed by atoms with Crippen molar-refractivity contribution >= 4 is 27.3 Å². The van der Waals surface area contributed by atoms with Gasteiger partial charge in [-0.3, -0.25) is 4.90 Å². The topological polar surface area (TPSA) is 23.5 Å². The maximum absolute atomic E-state index is 10.3. The number of thiophene rings is 1. The lowest BCUT2D eigenvalue weighted by Gasteiger charge is -2.32. The first-order valence-electron chi connectivity index (χ1n) is 4.16. The van der Waals surface area contributed by atoms with E-state index in [0.717, 1.165) is 8.66 Å². The summed E-state index contributed by atoms with van der Waals surface area (Å²) >= 11 is 4.96. The Hall–Kier alpha value is 0.1000. The van der Waals surface area contributed by atoms with Gasteiger partial charge in [0.2, 0.25) is 0 Å². The first-order valence-corrected chi connectivity index (χ1v) is 5.77. The fraction of sp³-hybridized carbons (Fsp3) is 0.556. The number of nitrogens with zero attached hydrogens (tertiary/aromatic N) is 1. The number of aliphatic hydroxyl groups is 1. The summed E-state index contributed by atoms with van der Waals surface area (Å²) in [6.07, 6.45) is 0.687. The Morgan fingerprint density at radius 3 is 2.46 bits per heavy atom. The summed E-state index contributed by atoms with van der Waals surface area (Å²) in [5.74, 6) is 0. The second-order valence-corrected chi connectivity index (χ2v) is 5.63. The summed E-state index contributed by atoms with van der Waals surface area (Å²) in [4.78, 5) is 2.82. The summed E-state index contributed by atoms with van der Waals surface area (Å²) in [6, 6.07) is 3.92. The summed E-state index contributed by atoms with van der Waals surface area (Å²) in [5.41, 5.74) is -0.823. The van der Waals surface area contributed by atoms with Gasteiger partial charge in [0.25, 0.3) is 0 Å². The van der Waals surface area contributed by atoms with Crippen molar-refractivity contribution in [2.24, 2.45) is 0 Å². The lowest BCUT2D eigenvalue weighted by Crippen LogP contribution is -2.39. The molecule has 1 unspecified atom stereocenters. The van der Waals surface area contributed by atoms with Crippen LogP contribution in [0.1, 0.15) is 18.2 Å². The quantitative estimate of drug-likeness (QED) is 0.848. The standard InChI is InChI=1S/C9H14BrNOS/c1-4-9(12,11(2)3)7-5-6-8(10)13-7/h5-6,12H,4H2,1-3H3. The Morgan fingerprint density at radius 1 is 1.54 bits per heavy atom. The van der Waals surface area contributed by atoms with Crippen LogP contribution in [0, 0.1) is 0 Å². The molecule has 0 aromatic carbocycles. The molecule has 4 heteroatoms. The molecule has 74 valence electrons. The smallest absolute Gasteiger partial charge is 0.153 e. The number of halogens is 1. The largest absolute Gasteiger partial charge is 0.371 e. The number of hydrogen-bond donors (Lipinski definition) is 1. The van der Waals surface area contributed by atoms with Gasteiger partial charge in [-0.05, 0) is 48.6 Å². The zero-order valence-electron chi connectivity index (χ0n) is 8.04. The maximum atomic E-state index is 10.3. The normalized spacial score (nSPS) is 16.2. The van der Waals surface area contributed by atoms with E-state index in [2.05, 4.69) is 15.9 Å². The van der Waals surface area contributed by atoms with Crippen molar-refractivity contribution in [3.63, 3.8) is 0 Å². The van der Waals surface area contributed by atoms with Gasteiger partial charge in [0.1, 0.15) is 0 Å². The molecule has 1 atom stereocenters. The SMILES string of the molecule is CCC(O)(c1ccc(Br)s1)N(C)C. The van der Waals surface area contributed by atoms with Crippen LogP contribution >= 0.6 is 27.3 Å². The van der Waals surface area contributed by atoms with E-state index in [9.17, 15) is 5.11 Å². The van der Waals surface area contributed by atoms with Crippen molar-refractivity contribution in [1.29, 1.82) is 0 Å². The Morgan fingerprint density at radius 2 is 2.15 bits per heavy atom. The highest BCUT2D eigenvalue weighted by molar-refractivity contribution is 9.11. The zero-order chi connectivity index (χ0) is 10.1. The van der Waals surface area contributed by atoms with Crippen molar-refractivity contribution in [2.75, 3.05) is 14.1 Å². The van der Waals surface area contributed by atoms with Gasteiger partial charge in [-0.15, -0.1) is 11.3 Å². The van der Waals surface area contributed by atoms with Crippen LogP contribution in [-0.4, -0.2) is 24.1 Å². The van der Waals surface area contributed by atoms with Gasteiger partial charge >= 0.3 is 0 Å². The fourth-order valence-electron chi connectivity index (χ4n) is 1.24. The summed E-state index contributed by atoms with van der Waals surface area (Å²) in [5, 5.41) is 10.3. The summed E-state index contributed by atoms with van der Waals surface area (Å²) in [6.45, 7) is 1.98. The third-order valence-electron chi connectivity index (χ3n) is 2.20. The van der Waals surface area contributed by atoms with Crippen LogP contribution in [0.15, 0.2) is 15.9 Å². The number of rotatable bonds is 3. The third kappa shape index (κ3) is 2.13. The molecule has 0 amide bonds. The molecule has 0 aliphatic carbocycles. The van der Waals surface area contributed by atoms with Crippen LogP contribution in [0.5, 0.6) is 0 Å². The molecule has 0 spiro atoms. The maximum Gasteiger partial charge on any atom is 0.153 e. The first kappa shape index (κ1) is 11.2. The first-order chi connectivity index (χ1) is 6.00. The van der Waals surface area contributed by atoms with Crippen LogP contribution in [0.25, 0.3) is 0 Å². The minimum atomic E-state index is -0.823. The molecular formula is C9H14BrNOS. The van der Waals surface area contributed by atoms with Crippen molar-refractivity contribution in [3.8, 4) is 0 Å². The highest BCUT2D eigenvalue weighted by atomic mass is 79.9. The van der Waals surface area contributed by atoms with E-state index in [1.54, 1.807) is 11.3 Å². The van der Waals surface area contributed by atoms with Crippen LogP contribution < -0.4 is 0 Å². The summed E-state index contributed by atoms with van der Waals surface area (Å²) in [7, 11) is 3.77. The van der Waals surface area contributed by atoms with Crippen molar-refractivity contribution in [1.82, 2.24) is 4.90 Å². The molecule has 0 aliphatic rings. The lowest BCUT2D eigenvalue weighted by atomic mass is 10.1. The molecule has 1 aromatic rings. The molecule has 0 saturated heterocycles. The average molecular weight is 264 g/mol. The molecule has 0 aliphatic heterocycles. The molecular weight excluding hydrogens is 250 g/mol. The van der Waals surface area contributed by atoms with E-state index in [0.29, 0.717) is 6.42 Å². The molecule has 0 fully saturated rings. The van der Waals surface area contributed by atoms with Crippen molar-refractivity contribution in [2.45, 2.75) is 19.1 Å². The van der Waals surface area contributed by atoms with Crippen LogP contribution in [0.4, 0.5) is 0 Å². The Bertz CT molecular complexity index is 287. The van der Waals surface area contributed by atoms with Crippen LogP contribution in [0.3, 0.4) is 0 Å². The van der Waals surface area contributed by atoms with Crippen LogP contribution in [0.2, 0.25) is 0 Å². The van der Waals surface area contributed by atoms with Gasteiger partial charge in [-0.1, -0.05) is 6.92 Å². The predicted molar refractivity (Wildman–Crippen MR) is 59.9 cm³/mol. The van der Waals surface area contributed by atoms with E-state index < -0.39 is 5.72 Å². The Labute approximate surface area is 91.3 Å². The minimum absolute atomic E-state index is 0.687. The van der Waals surface area contributed by atoms with Crippen LogP contribution in [-0.2, 0) is 5.72 Å². The van der Waals surface area contributed by atoms with E-state index in [-0.39, 0.29) is 0 Å². The molecule has 2 nitrogen and oxygen atoms in total. The van der Waals surface area contributed by atoms with Gasteiger partial charge in [0.05, 0.1) is 8.66 Å². The van der Waals surface area contributed by atoms with Gasteiger partial charge < -0.3 is 5.11 Å². The van der Waals surface area contributed by atoms with Crippen molar-refractivity contribution < 1.29 is 5.11 Å². The van der Waals surface area contributed by atoms with E-state index in [1.165, 1.54) is 0 Å². The Balaban J connectivity index is 3.02. The molecule has 0 radical (unpaired) electrons. The molecule has 1 heterocycles. The summed E-state index contributed by atoms with van der Waals surface area (Å²) < 4.78 is 1.05. The second-order valence-electron chi connectivity index (χ2n) is 3.17. The van der Waals surface area contributed by atoms with Gasteiger partial charge in [0, 0.05) is 0 Å². The third-order valence-corrected chi connectivity index (χ3v) is 3.96. The highest BCUT2D eigenvalue weighted by Gasteiger charge is 2.31. The number of hydrogen-bond acceptors (Lipinski definition) is 3. The molecule has 1 rings (SSSR count). The van der Waals surface area contributed by atoms with E-state index >= 15 is 0 Å². The predicted octanol–water partition coefficient (Wildman–Crippen LogP) is 2.63. The fourth-order valence-corrected chi connectivity index (χ4v) is 2.87. The molecule has 0 saturated carbocycles.